The molecule has 0 amide bonds. The molecule has 0 fully saturated rings. The summed E-state index contributed by atoms with van der Waals surface area (Å²) >= 11 is 15.9. The number of aryl methyl sites for hydroxylation is 1. The highest BCUT2D eigenvalue weighted by Crippen LogP contribution is 2.31. The zero-order valence-corrected chi connectivity index (χ0v) is 14.7. The molecule has 0 saturated carbocycles. The lowest BCUT2D eigenvalue weighted by Crippen LogP contribution is -2.03. The van der Waals surface area contributed by atoms with Crippen LogP contribution in [0.25, 0.3) is 16.7 Å². The molecular formula is C16H13BrCl2N2. The maximum atomic E-state index is 6.33. The second-order valence-corrected chi connectivity index (χ2v) is 6.99. The maximum Gasteiger partial charge on any atom is 0.132 e. The number of alkyl halides is 1. The van der Waals surface area contributed by atoms with Crippen LogP contribution < -0.4 is 0 Å². The summed E-state index contributed by atoms with van der Waals surface area (Å²) in [7, 11) is 0. The number of imidazole rings is 1. The van der Waals surface area contributed by atoms with Gasteiger partial charge in [-0.2, -0.15) is 0 Å². The van der Waals surface area contributed by atoms with Gasteiger partial charge in [0.1, 0.15) is 5.82 Å². The van der Waals surface area contributed by atoms with Gasteiger partial charge in [0, 0.05) is 9.50 Å². The molecule has 0 aliphatic rings. The Kier molecular flexibility index (Phi) is 4.00. The number of aromatic nitrogens is 2. The van der Waals surface area contributed by atoms with E-state index in [0.29, 0.717) is 5.02 Å². The Morgan fingerprint density at radius 3 is 2.67 bits per heavy atom. The van der Waals surface area contributed by atoms with Gasteiger partial charge in [-0.3, -0.25) is 4.57 Å². The summed E-state index contributed by atoms with van der Waals surface area (Å²) in [6, 6.07) is 11.9. The predicted molar refractivity (Wildman–Crippen MR) is 92.8 cm³/mol. The van der Waals surface area contributed by atoms with Gasteiger partial charge in [0.05, 0.1) is 22.1 Å². The number of hydrogen-bond acceptors (Lipinski definition) is 1. The van der Waals surface area contributed by atoms with Crippen molar-refractivity contribution in [2.75, 3.05) is 0 Å². The first-order valence-corrected chi connectivity index (χ1v) is 8.16. The predicted octanol–water partition coefficient (Wildman–Crippen LogP) is 6.05. The molecule has 0 N–H and O–H groups in total. The second-order valence-electron chi connectivity index (χ2n) is 4.99. The van der Waals surface area contributed by atoms with Crippen molar-refractivity contribution in [1.82, 2.24) is 9.55 Å². The number of hydrogen-bond donors (Lipinski definition) is 0. The van der Waals surface area contributed by atoms with Gasteiger partial charge in [-0.15, -0.1) is 11.6 Å². The summed E-state index contributed by atoms with van der Waals surface area (Å²) in [5, 5.41) is 0.474. The molecule has 5 heteroatoms. The molecule has 0 spiro atoms. The molecule has 0 aliphatic carbocycles. The van der Waals surface area contributed by atoms with Crippen LogP contribution in [0.4, 0.5) is 0 Å². The molecule has 3 rings (SSSR count). The topological polar surface area (TPSA) is 17.8 Å². The molecule has 21 heavy (non-hydrogen) atoms. The highest BCUT2D eigenvalue weighted by Gasteiger charge is 2.18. The van der Waals surface area contributed by atoms with Gasteiger partial charge in [0.25, 0.3) is 0 Å². The monoisotopic (exact) mass is 382 g/mol. The third kappa shape index (κ3) is 2.70. The quantitative estimate of drug-likeness (QED) is 0.492. The molecule has 108 valence electrons. The third-order valence-corrected chi connectivity index (χ3v) is 4.33. The molecule has 3 aromatic rings. The number of halogens is 3. The van der Waals surface area contributed by atoms with Crippen molar-refractivity contribution in [2.24, 2.45) is 0 Å². The molecule has 1 unspecified atom stereocenters. The summed E-state index contributed by atoms with van der Waals surface area (Å²) in [6.45, 7) is 4.00. The van der Waals surface area contributed by atoms with E-state index >= 15 is 0 Å². The van der Waals surface area contributed by atoms with Crippen LogP contribution in [0.15, 0.2) is 40.9 Å². The summed E-state index contributed by atoms with van der Waals surface area (Å²) < 4.78 is 3.12. The Balaban J connectivity index is 2.39. The summed E-state index contributed by atoms with van der Waals surface area (Å²) in [5.41, 5.74) is 4.08. The Morgan fingerprint density at radius 2 is 1.95 bits per heavy atom. The molecule has 0 bridgehead atoms. The van der Waals surface area contributed by atoms with Crippen molar-refractivity contribution in [3.05, 3.63) is 57.3 Å². The number of fused-ring (bicyclic) bond motifs is 1. The van der Waals surface area contributed by atoms with Crippen LogP contribution in [-0.4, -0.2) is 9.55 Å². The lowest BCUT2D eigenvalue weighted by atomic mass is 10.2. The number of rotatable bonds is 2. The Labute approximate surface area is 141 Å². The largest absolute Gasteiger partial charge is 0.295 e. The summed E-state index contributed by atoms with van der Waals surface area (Å²) in [4.78, 5) is 4.65. The highest BCUT2D eigenvalue weighted by atomic mass is 79.9. The maximum absolute atomic E-state index is 6.33. The van der Waals surface area contributed by atoms with Crippen molar-refractivity contribution >= 4 is 50.2 Å². The van der Waals surface area contributed by atoms with Gasteiger partial charge in [-0.05, 0) is 49.7 Å². The zero-order chi connectivity index (χ0) is 15.1. The van der Waals surface area contributed by atoms with E-state index in [0.717, 1.165) is 32.6 Å². The van der Waals surface area contributed by atoms with Crippen LogP contribution in [0, 0.1) is 6.92 Å². The van der Waals surface area contributed by atoms with Gasteiger partial charge in [0.15, 0.2) is 0 Å². The summed E-state index contributed by atoms with van der Waals surface area (Å²) in [5.74, 6) is 0.815. The minimum absolute atomic E-state index is 0.199. The Hall–Kier alpha value is -1.03. The van der Waals surface area contributed by atoms with E-state index in [4.69, 9.17) is 23.2 Å². The molecule has 2 nitrogen and oxygen atoms in total. The average Bonchev–Trinajstić information content (AvgIpc) is 2.80. The van der Waals surface area contributed by atoms with E-state index < -0.39 is 0 Å². The van der Waals surface area contributed by atoms with Crippen molar-refractivity contribution in [3.8, 4) is 5.69 Å². The first kappa shape index (κ1) is 14.9. The molecule has 0 aliphatic heterocycles. The number of benzene rings is 2. The van der Waals surface area contributed by atoms with E-state index in [1.54, 1.807) is 0 Å². The summed E-state index contributed by atoms with van der Waals surface area (Å²) in [6.07, 6.45) is 0. The number of nitrogens with zero attached hydrogens (tertiary/aromatic N) is 2. The van der Waals surface area contributed by atoms with Gasteiger partial charge in [0.2, 0.25) is 0 Å². The first-order chi connectivity index (χ1) is 9.97. The van der Waals surface area contributed by atoms with E-state index in [1.165, 1.54) is 0 Å². The molecule has 1 heterocycles. The fraction of sp³-hybridized carbons (Fsp3) is 0.188. The van der Waals surface area contributed by atoms with Crippen molar-refractivity contribution in [3.63, 3.8) is 0 Å². The molecule has 0 radical (unpaired) electrons. The normalized spacial score (nSPS) is 12.8. The van der Waals surface area contributed by atoms with E-state index in [-0.39, 0.29) is 5.38 Å². The van der Waals surface area contributed by atoms with Gasteiger partial charge in [-0.1, -0.05) is 33.6 Å². The minimum Gasteiger partial charge on any atom is -0.295 e. The lowest BCUT2D eigenvalue weighted by molar-refractivity contribution is 0.878. The second kappa shape index (κ2) is 5.64. The van der Waals surface area contributed by atoms with Gasteiger partial charge >= 0.3 is 0 Å². The van der Waals surface area contributed by atoms with Crippen LogP contribution in [0.1, 0.15) is 23.7 Å². The van der Waals surface area contributed by atoms with E-state index in [1.807, 2.05) is 31.2 Å². The smallest absolute Gasteiger partial charge is 0.132 e. The van der Waals surface area contributed by atoms with Crippen molar-refractivity contribution < 1.29 is 0 Å². The third-order valence-electron chi connectivity index (χ3n) is 3.41. The molecular weight excluding hydrogens is 371 g/mol. The average molecular weight is 384 g/mol. The van der Waals surface area contributed by atoms with Crippen LogP contribution in [0.3, 0.4) is 0 Å². The minimum atomic E-state index is -0.199. The van der Waals surface area contributed by atoms with Gasteiger partial charge < -0.3 is 0 Å². The standard InChI is InChI=1S/C16H13BrCl2N2/c1-9-3-4-11(17)7-15(9)21-14-6-5-12(19)8-13(14)20-16(21)10(2)18/h3-8,10H,1-2H3. The molecule has 1 aromatic heterocycles. The molecule has 1 atom stereocenters. The van der Waals surface area contributed by atoms with Crippen molar-refractivity contribution in [1.29, 1.82) is 0 Å². The Morgan fingerprint density at radius 1 is 1.19 bits per heavy atom. The fourth-order valence-electron chi connectivity index (χ4n) is 2.42. The SMILES string of the molecule is Cc1ccc(Br)cc1-n1c(C(C)Cl)nc2cc(Cl)ccc21. The van der Waals surface area contributed by atoms with E-state index in [2.05, 4.69) is 44.5 Å². The highest BCUT2D eigenvalue weighted by molar-refractivity contribution is 9.10. The fourth-order valence-corrected chi connectivity index (χ4v) is 3.08. The van der Waals surface area contributed by atoms with E-state index in [9.17, 15) is 0 Å². The lowest BCUT2D eigenvalue weighted by Gasteiger charge is -2.13. The van der Waals surface area contributed by atoms with Gasteiger partial charge in [-0.25, -0.2) is 4.98 Å². The van der Waals surface area contributed by atoms with Crippen LogP contribution in [0.2, 0.25) is 5.02 Å². The zero-order valence-electron chi connectivity index (χ0n) is 11.6. The molecule has 0 saturated heterocycles. The van der Waals surface area contributed by atoms with Crippen molar-refractivity contribution in [2.45, 2.75) is 19.2 Å². The van der Waals surface area contributed by atoms with Crippen LogP contribution in [-0.2, 0) is 0 Å². The van der Waals surface area contributed by atoms with Crippen LogP contribution >= 0.6 is 39.1 Å². The van der Waals surface area contributed by atoms with Crippen LogP contribution in [0.5, 0.6) is 0 Å². The first-order valence-electron chi connectivity index (χ1n) is 6.56. The molecule has 2 aromatic carbocycles. The Bertz CT molecular complexity index is 825.